The zero-order valence-electron chi connectivity index (χ0n) is 14.8. The maximum atomic E-state index is 12.1. The summed E-state index contributed by atoms with van der Waals surface area (Å²) in [6, 6.07) is 8.60. The number of hydrogen-bond donors (Lipinski definition) is 1. The van der Waals surface area contributed by atoms with Crippen LogP contribution in [0.5, 0.6) is 5.75 Å². The van der Waals surface area contributed by atoms with Crippen LogP contribution in [0, 0.1) is 6.92 Å². The van der Waals surface area contributed by atoms with Crippen LogP contribution in [0.25, 0.3) is 0 Å². The molecule has 132 valence electrons. The van der Waals surface area contributed by atoms with Crippen LogP contribution in [0.2, 0.25) is 0 Å². The average Bonchev–Trinajstić information content (AvgIpc) is 3.39. The molecule has 0 spiro atoms. The standard InChI is InChI=1S/C19H29N3O2/c1-15-4-3-5-18(14-15)24-13-12-21-8-10-22(11-9-21)16(2)19(23)20-17-6-7-17/h3-5,14,16-17H,6-13H2,1-2H3,(H,20,23). The van der Waals surface area contributed by atoms with Crippen molar-refractivity contribution in [2.24, 2.45) is 0 Å². The molecule has 1 unspecified atom stereocenters. The minimum Gasteiger partial charge on any atom is -0.492 e. The molecular weight excluding hydrogens is 302 g/mol. The monoisotopic (exact) mass is 331 g/mol. The van der Waals surface area contributed by atoms with Gasteiger partial charge in [0.15, 0.2) is 0 Å². The van der Waals surface area contributed by atoms with Gasteiger partial charge in [-0.15, -0.1) is 0 Å². The smallest absolute Gasteiger partial charge is 0.237 e. The lowest BCUT2D eigenvalue weighted by Crippen LogP contribution is -2.54. The summed E-state index contributed by atoms with van der Waals surface area (Å²) in [6.45, 7) is 9.64. The number of carbonyl (C=O) groups is 1. The van der Waals surface area contributed by atoms with E-state index in [1.165, 1.54) is 5.56 Å². The number of benzene rings is 1. The Bertz CT molecular complexity index is 551. The first kappa shape index (κ1) is 17.2. The van der Waals surface area contributed by atoms with E-state index in [1.54, 1.807) is 0 Å². The molecule has 3 rings (SSSR count). The SMILES string of the molecule is Cc1cccc(OCCN2CCN(C(C)C(=O)NC3CC3)CC2)c1. The molecule has 24 heavy (non-hydrogen) atoms. The fourth-order valence-corrected chi connectivity index (χ4v) is 3.09. The lowest BCUT2D eigenvalue weighted by molar-refractivity contribution is -0.126. The van der Waals surface area contributed by atoms with E-state index in [0.29, 0.717) is 12.6 Å². The summed E-state index contributed by atoms with van der Waals surface area (Å²) in [5.74, 6) is 1.13. The van der Waals surface area contributed by atoms with Gasteiger partial charge in [-0.05, 0) is 44.4 Å². The number of piperazine rings is 1. The van der Waals surface area contributed by atoms with Crippen molar-refractivity contribution < 1.29 is 9.53 Å². The maximum Gasteiger partial charge on any atom is 0.237 e. The molecule has 1 aromatic carbocycles. The molecule has 1 saturated carbocycles. The lowest BCUT2D eigenvalue weighted by Gasteiger charge is -2.37. The minimum atomic E-state index is -0.0173. The van der Waals surface area contributed by atoms with Crippen molar-refractivity contribution in [1.82, 2.24) is 15.1 Å². The van der Waals surface area contributed by atoms with Crippen LogP contribution >= 0.6 is 0 Å². The second-order valence-corrected chi connectivity index (χ2v) is 7.00. The Balaban J connectivity index is 1.35. The third-order valence-electron chi connectivity index (χ3n) is 4.92. The van der Waals surface area contributed by atoms with Crippen LogP contribution in [-0.4, -0.2) is 67.1 Å². The summed E-state index contributed by atoms with van der Waals surface area (Å²) in [5, 5.41) is 3.10. The minimum absolute atomic E-state index is 0.0173. The summed E-state index contributed by atoms with van der Waals surface area (Å²) in [6.07, 6.45) is 2.29. The molecule has 5 nitrogen and oxygen atoms in total. The van der Waals surface area contributed by atoms with Gasteiger partial charge in [0.2, 0.25) is 5.91 Å². The molecule has 1 aliphatic heterocycles. The number of ether oxygens (including phenoxy) is 1. The van der Waals surface area contributed by atoms with Gasteiger partial charge >= 0.3 is 0 Å². The summed E-state index contributed by atoms with van der Waals surface area (Å²) in [7, 11) is 0. The molecule has 0 bridgehead atoms. The first-order valence-electron chi connectivity index (χ1n) is 9.08. The molecule has 1 N–H and O–H groups in total. The summed E-state index contributed by atoms with van der Waals surface area (Å²) in [5.41, 5.74) is 1.22. The van der Waals surface area contributed by atoms with E-state index in [2.05, 4.69) is 34.2 Å². The van der Waals surface area contributed by atoms with E-state index in [9.17, 15) is 4.79 Å². The molecule has 2 fully saturated rings. The molecule has 1 aromatic rings. The van der Waals surface area contributed by atoms with E-state index in [-0.39, 0.29) is 11.9 Å². The molecule has 2 aliphatic rings. The Hall–Kier alpha value is -1.59. The van der Waals surface area contributed by atoms with Crippen LogP contribution in [0.1, 0.15) is 25.3 Å². The second-order valence-electron chi connectivity index (χ2n) is 7.00. The summed E-state index contributed by atoms with van der Waals surface area (Å²) >= 11 is 0. The lowest BCUT2D eigenvalue weighted by atomic mass is 10.2. The third kappa shape index (κ3) is 4.95. The summed E-state index contributed by atoms with van der Waals surface area (Å²) < 4.78 is 5.83. The average molecular weight is 331 g/mol. The predicted octanol–water partition coefficient (Wildman–Crippen LogP) is 1.66. The van der Waals surface area contributed by atoms with Crippen LogP contribution in [0.3, 0.4) is 0 Å². The van der Waals surface area contributed by atoms with Gasteiger partial charge < -0.3 is 10.1 Å². The van der Waals surface area contributed by atoms with Gasteiger partial charge in [0, 0.05) is 38.8 Å². The van der Waals surface area contributed by atoms with Crippen molar-refractivity contribution in [3.05, 3.63) is 29.8 Å². The van der Waals surface area contributed by atoms with Crippen molar-refractivity contribution in [1.29, 1.82) is 0 Å². The fourth-order valence-electron chi connectivity index (χ4n) is 3.09. The van der Waals surface area contributed by atoms with Gasteiger partial charge in [0.05, 0.1) is 6.04 Å². The Morgan fingerprint density at radius 3 is 2.71 bits per heavy atom. The van der Waals surface area contributed by atoms with Crippen molar-refractivity contribution in [3.8, 4) is 5.75 Å². The van der Waals surface area contributed by atoms with Crippen molar-refractivity contribution >= 4 is 5.91 Å². The van der Waals surface area contributed by atoms with Gasteiger partial charge in [0.25, 0.3) is 0 Å². The van der Waals surface area contributed by atoms with Gasteiger partial charge in [-0.2, -0.15) is 0 Å². The third-order valence-corrected chi connectivity index (χ3v) is 4.92. The molecular formula is C19H29N3O2. The highest BCUT2D eigenvalue weighted by Gasteiger charge is 2.29. The highest BCUT2D eigenvalue weighted by atomic mass is 16.5. The van der Waals surface area contributed by atoms with Crippen molar-refractivity contribution in [2.45, 2.75) is 38.8 Å². The first-order valence-corrected chi connectivity index (χ1v) is 9.08. The number of amides is 1. The molecule has 5 heteroatoms. The molecule has 0 radical (unpaired) electrons. The number of aryl methyl sites for hydroxylation is 1. The van der Waals surface area contributed by atoms with E-state index in [4.69, 9.17) is 4.74 Å². The Morgan fingerprint density at radius 1 is 1.29 bits per heavy atom. The highest BCUT2D eigenvalue weighted by Crippen LogP contribution is 2.19. The summed E-state index contributed by atoms with van der Waals surface area (Å²) in [4.78, 5) is 16.8. The maximum absolute atomic E-state index is 12.1. The van der Waals surface area contributed by atoms with Gasteiger partial charge in [0.1, 0.15) is 12.4 Å². The van der Waals surface area contributed by atoms with E-state index >= 15 is 0 Å². The second kappa shape index (κ2) is 7.99. The molecule has 1 atom stereocenters. The number of hydrogen-bond acceptors (Lipinski definition) is 4. The fraction of sp³-hybridized carbons (Fsp3) is 0.632. The molecule has 1 aliphatic carbocycles. The van der Waals surface area contributed by atoms with Gasteiger partial charge in [-0.1, -0.05) is 12.1 Å². The van der Waals surface area contributed by atoms with E-state index < -0.39 is 0 Å². The predicted molar refractivity (Wildman–Crippen MR) is 95.3 cm³/mol. The molecule has 1 heterocycles. The Kier molecular flexibility index (Phi) is 5.74. The van der Waals surface area contributed by atoms with Crippen molar-refractivity contribution in [2.75, 3.05) is 39.3 Å². The normalized spacial score (nSPS) is 20.6. The molecule has 1 amide bonds. The Labute approximate surface area is 145 Å². The highest BCUT2D eigenvalue weighted by molar-refractivity contribution is 5.81. The van der Waals surface area contributed by atoms with Gasteiger partial charge in [-0.3, -0.25) is 14.6 Å². The van der Waals surface area contributed by atoms with Crippen molar-refractivity contribution in [3.63, 3.8) is 0 Å². The number of rotatable bonds is 7. The molecule has 1 saturated heterocycles. The number of nitrogens with one attached hydrogen (secondary N) is 1. The quantitative estimate of drug-likeness (QED) is 0.825. The number of nitrogens with zero attached hydrogens (tertiary/aromatic N) is 2. The van der Waals surface area contributed by atoms with Crippen LogP contribution < -0.4 is 10.1 Å². The zero-order chi connectivity index (χ0) is 16.9. The topological polar surface area (TPSA) is 44.8 Å². The Morgan fingerprint density at radius 2 is 2.04 bits per heavy atom. The van der Waals surface area contributed by atoms with Crippen LogP contribution in [-0.2, 0) is 4.79 Å². The number of carbonyl (C=O) groups excluding carboxylic acids is 1. The van der Waals surface area contributed by atoms with E-state index in [0.717, 1.165) is 51.3 Å². The van der Waals surface area contributed by atoms with Crippen LogP contribution in [0.4, 0.5) is 0 Å². The molecule has 0 aromatic heterocycles. The van der Waals surface area contributed by atoms with Crippen LogP contribution in [0.15, 0.2) is 24.3 Å². The zero-order valence-corrected chi connectivity index (χ0v) is 14.8. The first-order chi connectivity index (χ1) is 11.6. The van der Waals surface area contributed by atoms with E-state index in [1.807, 2.05) is 19.1 Å². The van der Waals surface area contributed by atoms with Gasteiger partial charge in [-0.25, -0.2) is 0 Å². The largest absolute Gasteiger partial charge is 0.492 e.